The molecule has 3 atom stereocenters. The number of aromatic amines is 2. The number of alkyl halides is 2. The fraction of sp³-hybridized carbons (Fsp3) is 0.400. The molecule has 2 amide bonds. The number of amides is 2. The van der Waals surface area contributed by atoms with Gasteiger partial charge < -0.3 is 39.7 Å². The summed E-state index contributed by atoms with van der Waals surface area (Å²) in [5.41, 5.74) is 5.14. The van der Waals surface area contributed by atoms with E-state index >= 15 is 8.78 Å². The molecule has 3 fully saturated rings. The Bertz CT molecular complexity index is 2270. The van der Waals surface area contributed by atoms with Crippen molar-refractivity contribution in [2.24, 2.45) is 5.92 Å². The summed E-state index contributed by atoms with van der Waals surface area (Å²) in [7, 11) is 1.24. The Kier molecular flexibility index (Phi) is 8.32. The Morgan fingerprint density at radius 1 is 0.963 bits per heavy atom. The highest BCUT2D eigenvalue weighted by molar-refractivity contribution is 5.88. The van der Waals surface area contributed by atoms with Crippen molar-refractivity contribution in [1.29, 1.82) is 0 Å². The third-order valence-corrected chi connectivity index (χ3v) is 11.2. The van der Waals surface area contributed by atoms with Crippen LogP contribution >= 0.6 is 0 Å². The van der Waals surface area contributed by atoms with Gasteiger partial charge in [-0.05, 0) is 71.8 Å². The SMILES string of the molecule is COC(=O)N[C@H](C(=O)N1CC2(C[C@H]1c1ncc(-c3ccc4c(c3)C(F)(F)c3cc(-c5ccc6nc([C@@H]7CCCN7)[nH]c6c5)ccc3-4)[nH]1)OCCO2)C(C)C. The Morgan fingerprint density at radius 2 is 1.67 bits per heavy atom. The van der Waals surface area contributed by atoms with Gasteiger partial charge in [0.05, 0.1) is 61.9 Å². The number of hydrogen-bond acceptors (Lipinski definition) is 8. The van der Waals surface area contributed by atoms with Crippen molar-refractivity contribution >= 4 is 23.0 Å². The van der Waals surface area contributed by atoms with Crippen molar-refractivity contribution in [2.75, 3.05) is 33.4 Å². The normalized spacial score (nSPS) is 21.6. The summed E-state index contributed by atoms with van der Waals surface area (Å²) in [6.45, 7) is 5.54. The fourth-order valence-electron chi connectivity index (χ4n) is 8.41. The van der Waals surface area contributed by atoms with Crippen LogP contribution in [0.25, 0.3) is 44.5 Å². The van der Waals surface area contributed by atoms with Gasteiger partial charge in [0.25, 0.3) is 5.92 Å². The molecule has 4 aliphatic rings. The fourth-order valence-corrected chi connectivity index (χ4v) is 8.41. The van der Waals surface area contributed by atoms with Gasteiger partial charge in [0.15, 0.2) is 5.79 Å². The summed E-state index contributed by atoms with van der Waals surface area (Å²) in [6, 6.07) is 14.9. The summed E-state index contributed by atoms with van der Waals surface area (Å²) in [5.74, 6) is -3.48. The molecule has 0 unspecified atom stereocenters. The molecule has 54 heavy (non-hydrogen) atoms. The molecule has 1 aliphatic carbocycles. The molecule has 3 aromatic carbocycles. The van der Waals surface area contributed by atoms with Crippen LogP contribution in [0.2, 0.25) is 0 Å². The second-order valence-corrected chi connectivity index (χ2v) is 14.9. The molecule has 3 saturated heterocycles. The second-order valence-electron chi connectivity index (χ2n) is 14.9. The van der Waals surface area contributed by atoms with E-state index in [1.807, 2.05) is 38.1 Å². The van der Waals surface area contributed by atoms with E-state index in [2.05, 4.69) is 25.6 Å². The molecule has 1 spiro atoms. The average molecular weight is 738 g/mol. The number of halogens is 2. The second kappa shape index (κ2) is 13.0. The summed E-state index contributed by atoms with van der Waals surface area (Å²) in [5, 5.41) is 6.11. The first kappa shape index (κ1) is 34.6. The molecular formula is C40H41F2N7O5. The van der Waals surface area contributed by atoms with E-state index in [-0.39, 0.29) is 35.5 Å². The first-order chi connectivity index (χ1) is 26.0. The maximum atomic E-state index is 16.4. The van der Waals surface area contributed by atoms with Crippen LogP contribution in [0, 0.1) is 5.92 Å². The zero-order chi connectivity index (χ0) is 37.4. The number of ether oxygens (including phenoxy) is 3. The number of alkyl carbamates (subject to hydrolysis) is 1. The number of carbonyl (C=O) groups is 2. The van der Waals surface area contributed by atoms with E-state index in [0.29, 0.717) is 53.4 Å². The topological polar surface area (TPSA) is 146 Å². The van der Waals surface area contributed by atoms with Gasteiger partial charge in [0, 0.05) is 23.1 Å². The predicted molar refractivity (Wildman–Crippen MR) is 195 cm³/mol. The molecule has 5 aromatic rings. The van der Waals surface area contributed by atoms with Crippen molar-refractivity contribution in [1.82, 2.24) is 35.5 Å². The maximum absolute atomic E-state index is 16.4. The first-order valence-electron chi connectivity index (χ1n) is 18.4. The van der Waals surface area contributed by atoms with Gasteiger partial charge in [-0.15, -0.1) is 0 Å². The van der Waals surface area contributed by atoms with E-state index in [1.165, 1.54) is 13.2 Å². The van der Waals surface area contributed by atoms with Gasteiger partial charge in [-0.2, -0.15) is 8.78 Å². The molecule has 3 aliphatic heterocycles. The largest absolute Gasteiger partial charge is 0.453 e. The van der Waals surface area contributed by atoms with E-state index in [1.54, 1.807) is 35.4 Å². The number of hydrogen-bond donors (Lipinski definition) is 4. The van der Waals surface area contributed by atoms with Crippen LogP contribution in [0.1, 0.15) is 68.0 Å². The predicted octanol–water partition coefficient (Wildman–Crippen LogP) is 6.56. The molecule has 0 saturated carbocycles. The van der Waals surface area contributed by atoms with Crippen LogP contribution in [0.3, 0.4) is 0 Å². The minimum atomic E-state index is -3.24. The van der Waals surface area contributed by atoms with E-state index in [9.17, 15) is 9.59 Å². The Hall–Kier alpha value is -5.18. The minimum Gasteiger partial charge on any atom is -0.453 e. The van der Waals surface area contributed by atoms with Crippen molar-refractivity contribution in [3.63, 3.8) is 0 Å². The van der Waals surface area contributed by atoms with Crippen LogP contribution in [-0.2, 0) is 24.9 Å². The number of nitrogens with zero attached hydrogens (tertiary/aromatic N) is 3. The van der Waals surface area contributed by atoms with Gasteiger partial charge >= 0.3 is 6.09 Å². The number of carbonyl (C=O) groups excluding carboxylic acids is 2. The molecule has 0 bridgehead atoms. The van der Waals surface area contributed by atoms with Crippen LogP contribution in [0.4, 0.5) is 13.6 Å². The van der Waals surface area contributed by atoms with E-state index in [0.717, 1.165) is 41.8 Å². The molecule has 0 radical (unpaired) electrons. The molecule has 12 nitrogen and oxygen atoms in total. The number of imidazole rings is 2. The number of rotatable bonds is 7. The number of H-pyrrole nitrogens is 2. The highest BCUT2D eigenvalue weighted by atomic mass is 19.3. The highest BCUT2D eigenvalue weighted by Crippen LogP contribution is 2.53. The highest BCUT2D eigenvalue weighted by Gasteiger charge is 2.53. The minimum absolute atomic E-state index is 0.0414. The maximum Gasteiger partial charge on any atom is 0.407 e. The molecule has 14 heteroatoms. The van der Waals surface area contributed by atoms with E-state index < -0.39 is 29.9 Å². The average Bonchev–Trinajstić information content (AvgIpc) is 4.03. The number of fused-ring (bicyclic) bond motifs is 4. The van der Waals surface area contributed by atoms with Gasteiger partial charge in [0.1, 0.15) is 17.7 Å². The standard InChI is InChI=1S/C40H41F2N7O5/c1-21(2)34(48-38(51)52-3)37(50)49-20-39(53-13-14-54-39)18-33(49)36-44-19-32(47-36)24-7-10-26-25-9-6-22(15-27(25)40(41,42)28(26)16-24)23-8-11-29-31(17-23)46-35(45-29)30-5-4-12-43-30/h6-11,15-17,19,21,30,33-34,43H,4-5,12-14,18,20H2,1-3H3,(H,44,47)(H,45,46)(H,48,51)/t30-,33-,34-/m0/s1. The molecule has 4 N–H and O–H groups in total. The van der Waals surface area contributed by atoms with Gasteiger partial charge in [-0.25, -0.2) is 14.8 Å². The third kappa shape index (κ3) is 5.74. The molecular weight excluding hydrogens is 696 g/mol. The Morgan fingerprint density at radius 3 is 2.37 bits per heavy atom. The summed E-state index contributed by atoms with van der Waals surface area (Å²) in [4.78, 5) is 43.8. The lowest BCUT2D eigenvalue weighted by Crippen LogP contribution is -2.52. The number of methoxy groups -OCH3 is 1. The lowest BCUT2D eigenvalue weighted by molar-refractivity contribution is -0.153. The molecule has 9 rings (SSSR count). The lowest BCUT2D eigenvalue weighted by atomic mass is 9.98. The number of aromatic nitrogens is 4. The lowest BCUT2D eigenvalue weighted by Gasteiger charge is -2.30. The van der Waals surface area contributed by atoms with Gasteiger partial charge in [0.2, 0.25) is 5.91 Å². The first-order valence-corrected chi connectivity index (χ1v) is 18.4. The van der Waals surface area contributed by atoms with Crippen molar-refractivity contribution in [3.8, 4) is 33.5 Å². The number of nitrogens with one attached hydrogen (secondary N) is 4. The molecule has 280 valence electrons. The van der Waals surface area contributed by atoms with Gasteiger partial charge in [-0.1, -0.05) is 44.2 Å². The smallest absolute Gasteiger partial charge is 0.407 e. The zero-order valence-corrected chi connectivity index (χ0v) is 30.2. The monoisotopic (exact) mass is 737 g/mol. The van der Waals surface area contributed by atoms with Crippen molar-refractivity contribution in [2.45, 2.75) is 62.9 Å². The van der Waals surface area contributed by atoms with Gasteiger partial charge in [-0.3, -0.25) is 4.79 Å². The number of likely N-dealkylation sites (tertiary alicyclic amines) is 1. The van der Waals surface area contributed by atoms with E-state index in [4.69, 9.17) is 19.2 Å². The third-order valence-electron chi connectivity index (χ3n) is 11.2. The summed E-state index contributed by atoms with van der Waals surface area (Å²) >= 11 is 0. The molecule has 2 aromatic heterocycles. The van der Waals surface area contributed by atoms with Crippen molar-refractivity contribution < 1.29 is 32.6 Å². The van der Waals surface area contributed by atoms with Crippen LogP contribution in [-0.4, -0.2) is 82.1 Å². The number of benzene rings is 3. The summed E-state index contributed by atoms with van der Waals surface area (Å²) in [6.07, 6.45) is 3.31. The zero-order valence-electron chi connectivity index (χ0n) is 30.2. The Balaban J connectivity index is 0.994. The molecule has 5 heterocycles. The van der Waals surface area contributed by atoms with Crippen LogP contribution in [0.15, 0.2) is 60.8 Å². The van der Waals surface area contributed by atoms with Crippen LogP contribution in [0.5, 0.6) is 0 Å². The quantitative estimate of drug-likeness (QED) is 0.147. The summed E-state index contributed by atoms with van der Waals surface area (Å²) < 4.78 is 49.6. The Labute approximate surface area is 310 Å². The van der Waals surface area contributed by atoms with Crippen molar-refractivity contribution in [3.05, 3.63) is 83.6 Å². The van der Waals surface area contributed by atoms with Crippen LogP contribution < -0.4 is 10.6 Å².